The highest BCUT2D eigenvalue weighted by atomic mass is 16.2. The van der Waals surface area contributed by atoms with Gasteiger partial charge in [-0.3, -0.25) is 25.2 Å². The van der Waals surface area contributed by atoms with Crippen molar-refractivity contribution in [2.45, 2.75) is 19.8 Å². The van der Waals surface area contributed by atoms with Crippen LogP contribution in [0.1, 0.15) is 39.1 Å². The number of hydrogen-bond donors (Lipinski definition) is 2. The molecule has 2 aromatic carbocycles. The van der Waals surface area contributed by atoms with E-state index in [1.807, 2.05) is 44.1 Å². The highest BCUT2D eigenvalue weighted by molar-refractivity contribution is 5.99. The average Bonchev–Trinajstić information content (AvgIpc) is 2.64. The molecule has 0 fully saturated rings. The smallest absolute Gasteiger partial charge is 0.269 e. The fourth-order valence-electron chi connectivity index (χ4n) is 2.30. The van der Waals surface area contributed by atoms with Gasteiger partial charge >= 0.3 is 0 Å². The molecule has 0 radical (unpaired) electrons. The number of Topliss-reactive ketones (excluding diaryl/α,β-unsaturated/α-hetero) is 1. The number of carbonyl (C=O) groups excluding carboxylic acids is 3. The number of aryl methyl sites for hydroxylation is 1. The third-order valence-corrected chi connectivity index (χ3v) is 3.89. The molecule has 0 atom stereocenters. The maximum atomic E-state index is 12.1. The van der Waals surface area contributed by atoms with Crippen LogP contribution in [0.5, 0.6) is 0 Å². The summed E-state index contributed by atoms with van der Waals surface area (Å²) in [6.07, 6.45) is 0.0889. The van der Waals surface area contributed by atoms with Crippen LogP contribution in [0.4, 0.5) is 5.69 Å². The van der Waals surface area contributed by atoms with E-state index in [9.17, 15) is 14.4 Å². The van der Waals surface area contributed by atoms with Crippen molar-refractivity contribution in [1.29, 1.82) is 0 Å². The minimum absolute atomic E-state index is 0.00469. The monoisotopic (exact) mass is 353 g/mol. The molecule has 2 aromatic rings. The van der Waals surface area contributed by atoms with E-state index in [4.69, 9.17) is 0 Å². The van der Waals surface area contributed by atoms with Crippen LogP contribution in [0.25, 0.3) is 0 Å². The number of nitrogens with zero attached hydrogens (tertiary/aromatic N) is 1. The highest BCUT2D eigenvalue weighted by Crippen LogP contribution is 2.13. The predicted octanol–water partition coefficient (Wildman–Crippen LogP) is 2.49. The topological polar surface area (TPSA) is 78.5 Å². The summed E-state index contributed by atoms with van der Waals surface area (Å²) >= 11 is 0. The molecule has 2 N–H and O–H groups in total. The van der Waals surface area contributed by atoms with Gasteiger partial charge in [0, 0.05) is 43.8 Å². The molecule has 0 aliphatic heterocycles. The molecule has 136 valence electrons. The van der Waals surface area contributed by atoms with E-state index < -0.39 is 11.8 Å². The van der Waals surface area contributed by atoms with Gasteiger partial charge in [-0.1, -0.05) is 35.9 Å². The van der Waals surface area contributed by atoms with Gasteiger partial charge in [0.25, 0.3) is 5.91 Å². The summed E-state index contributed by atoms with van der Waals surface area (Å²) in [5.74, 6) is -0.931. The molecule has 0 spiro atoms. The molecule has 0 aliphatic rings. The highest BCUT2D eigenvalue weighted by Gasteiger charge is 2.11. The third-order valence-electron chi connectivity index (χ3n) is 3.89. The number of anilines is 1. The van der Waals surface area contributed by atoms with E-state index in [-0.39, 0.29) is 18.6 Å². The number of hydrazine groups is 1. The van der Waals surface area contributed by atoms with Crippen LogP contribution in [0.15, 0.2) is 48.5 Å². The van der Waals surface area contributed by atoms with E-state index in [1.165, 1.54) is 0 Å². The molecule has 0 saturated heterocycles. The predicted molar refractivity (Wildman–Crippen MR) is 101 cm³/mol. The van der Waals surface area contributed by atoms with Crippen LogP contribution in [0.2, 0.25) is 0 Å². The molecule has 0 saturated carbocycles. The molecule has 0 unspecified atom stereocenters. The third kappa shape index (κ3) is 5.44. The van der Waals surface area contributed by atoms with Crippen molar-refractivity contribution in [1.82, 2.24) is 10.9 Å². The van der Waals surface area contributed by atoms with Crippen LogP contribution in [0.3, 0.4) is 0 Å². The Labute approximate surface area is 153 Å². The van der Waals surface area contributed by atoms with Crippen molar-refractivity contribution in [3.05, 3.63) is 65.2 Å². The normalized spacial score (nSPS) is 10.1. The summed E-state index contributed by atoms with van der Waals surface area (Å²) < 4.78 is 0. The lowest BCUT2D eigenvalue weighted by Crippen LogP contribution is -2.41. The Hall–Kier alpha value is -3.15. The first-order valence-corrected chi connectivity index (χ1v) is 8.33. The first-order chi connectivity index (χ1) is 12.4. The summed E-state index contributed by atoms with van der Waals surface area (Å²) in [7, 11) is 3.76. The first-order valence-electron chi connectivity index (χ1n) is 8.33. The molecule has 6 nitrogen and oxygen atoms in total. The fraction of sp³-hybridized carbons (Fsp3) is 0.250. The van der Waals surface area contributed by atoms with E-state index >= 15 is 0 Å². The van der Waals surface area contributed by atoms with Crippen LogP contribution in [-0.2, 0) is 4.79 Å². The van der Waals surface area contributed by atoms with E-state index in [0.717, 1.165) is 11.3 Å². The molecule has 6 heteroatoms. The van der Waals surface area contributed by atoms with E-state index in [2.05, 4.69) is 10.9 Å². The van der Waals surface area contributed by atoms with Gasteiger partial charge in [-0.25, -0.2) is 0 Å². The Morgan fingerprint density at radius 3 is 2.23 bits per heavy atom. The van der Waals surface area contributed by atoms with Gasteiger partial charge in [-0.05, 0) is 25.1 Å². The lowest BCUT2D eigenvalue weighted by atomic mass is 10.1. The molecule has 26 heavy (non-hydrogen) atoms. The van der Waals surface area contributed by atoms with Crippen molar-refractivity contribution in [3.8, 4) is 0 Å². The summed E-state index contributed by atoms with van der Waals surface area (Å²) in [5, 5.41) is 0. The molecule has 2 rings (SSSR count). The molecule has 0 aliphatic carbocycles. The molecule has 2 amide bonds. The Balaban J connectivity index is 1.81. The summed E-state index contributed by atoms with van der Waals surface area (Å²) in [6.45, 7) is 1.94. The Bertz CT molecular complexity index is 798. The lowest BCUT2D eigenvalue weighted by molar-refractivity contribution is -0.121. The summed E-state index contributed by atoms with van der Waals surface area (Å²) in [6, 6.07) is 14.2. The van der Waals surface area contributed by atoms with Crippen molar-refractivity contribution in [2.75, 3.05) is 19.0 Å². The molecular weight excluding hydrogens is 330 g/mol. The molecular formula is C20H23N3O3. The van der Waals surface area contributed by atoms with Crippen molar-refractivity contribution >= 4 is 23.3 Å². The average molecular weight is 353 g/mol. The van der Waals surface area contributed by atoms with Crippen molar-refractivity contribution in [2.24, 2.45) is 0 Å². The number of rotatable bonds is 6. The summed E-state index contributed by atoms with van der Waals surface area (Å²) in [5.41, 5.74) is 7.67. The number of ketones is 1. The largest absolute Gasteiger partial charge is 0.378 e. The van der Waals surface area contributed by atoms with E-state index in [1.54, 1.807) is 30.3 Å². The number of benzene rings is 2. The van der Waals surface area contributed by atoms with Crippen LogP contribution in [0, 0.1) is 6.92 Å². The Kier molecular flexibility index (Phi) is 6.49. The second kappa shape index (κ2) is 8.80. The van der Waals surface area contributed by atoms with Gasteiger partial charge in [0.2, 0.25) is 5.91 Å². The molecule has 0 heterocycles. The van der Waals surface area contributed by atoms with Gasteiger partial charge in [-0.2, -0.15) is 0 Å². The number of carbonyl (C=O) groups is 3. The van der Waals surface area contributed by atoms with Gasteiger partial charge in [-0.15, -0.1) is 0 Å². The quantitative estimate of drug-likeness (QED) is 0.618. The standard InChI is InChI=1S/C20H23N3O3/c1-14-7-9-15(10-8-14)18(24)11-12-19(25)21-22-20(26)16-5-4-6-17(13-16)23(2)3/h4-10,13H,11-12H2,1-3H3,(H,21,25)(H,22,26). The second-order valence-corrected chi connectivity index (χ2v) is 6.24. The van der Waals surface area contributed by atoms with Gasteiger partial charge in [0.05, 0.1) is 0 Å². The van der Waals surface area contributed by atoms with Crippen LogP contribution < -0.4 is 15.8 Å². The summed E-state index contributed by atoms with van der Waals surface area (Å²) in [4.78, 5) is 37.9. The first kappa shape index (κ1) is 19.2. The van der Waals surface area contributed by atoms with Crippen molar-refractivity contribution < 1.29 is 14.4 Å². The number of amides is 2. The van der Waals surface area contributed by atoms with Crippen LogP contribution >= 0.6 is 0 Å². The minimum Gasteiger partial charge on any atom is -0.378 e. The Morgan fingerprint density at radius 1 is 0.885 bits per heavy atom. The van der Waals surface area contributed by atoms with Crippen LogP contribution in [-0.4, -0.2) is 31.7 Å². The molecule has 0 aromatic heterocycles. The number of nitrogens with one attached hydrogen (secondary N) is 2. The zero-order valence-electron chi connectivity index (χ0n) is 15.2. The van der Waals surface area contributed by atoms with E-state index in [0.29, 0.717) is 11.1 Å². The Morgan fingerprint density at radius 2 is 1.58 bits per heavy atom. The fourth-order valence-corrected chi connectivity index (χ4v) is 2.30. The zero-order valence-corrected chi connectivity index (χ0v) is 15.2. The minimum atomic E-state index is -0.414. The second-order valence-electron chi connectivity index (χ2n) is 6.24. The SMILES string of the molecule is Cc1ccc(C(=O)CCC(=O)NNC(=O)c2cccc(N(C)C)c2)cc1. The van der Waals surface area contributed by atoms with Gasteiger partial charge < -0.3 is 4.90 Å². The zero-order chi connectivity index (χ0) is 19.1. The van der Waals surface area contributed by atoms with Gasteiger partial charge in [0.15, 0.2) is 5.78 Å². The maximum Gasteiger partial charge on any atom is 0.269 e. The lowest BCUT2D eigenvalue weighted by Gasteiger charge is -2.13. The maximum absolute atomic E-state index is 12.1. The van der Waals surface area contributed by atoms with Gasteiger partial charge in [0.1, 0.15) is 0 Å². The number of hydrogen-bond acceptors (Lipinski definition) is 4. The molecule has 0 bridgehead atoms. The van der Waals surface area contributed by atoms with Crippen molar-refractivity contribution in [3.63, 3.8) is 0 Å².